The number of fused-ring (bicyclic) bond motifs is 1. The van der Waals surface area contributed by atoms with E-state index in [1.807, 2.05) is 12.1 Å². The number of carbonyl (C=O) groups is 3. The fourth-order valence-corrected chi connectivity index (χ4v) is 4.66. The molecule has 156 valence electrons. The van der Waals surface area contributed by atoms with Gasteiger partial charge < -0.3 is 15.0 Å². The van der Waals surface area contributed by atoms with Gasteiger partial charge >= 0.3 is 0 Å². The van der Waals surface area contributed by atoms with E-state index in [0.717, 1.165) is 30.6 Å². The molecule has 0 aromatic heterocycles. The number of nitrogens with one attached hydrogen (secondary N) is 2. The molecule has 1 saturated carbocycles. The quantitative estimate of drug-likeness (QED) is 0.741. The van der Waals surface area contributed by atoms with Gasteiger partial charge in [0.25, 0.3) is 5.91 Å². The summed E-state index contributed by atoms with van der Waals surface area (Å²) in [6, 6.07) is 5.73. The van der Waals surface area contributed by atoms with Crippen LogP contribution in [0.15, 0.2) is 18.2 Å². The third kappa shape index (κ3) is 4.15. The summed E-state index contributed by atoms with van der Waals surface area (Å²) in [5.41, 5.74) is 1.49. The highest BCUT2D eigenvalue weighted by Crippen LogP contribution is 2.32. The minimum Gasteiger partial charge on any atom is -0.489 e. The van der Waals surface area contributed by atoms with Crippen molar-refractivity contribution in [3.63, 3.8) is 0 Å². The highest BCUT2D eigenvalue weighted by atomic mass is 16.5. The summed E-state index contributed by atoms with van der Waals surface area (Å²) < 4.78 is 6.33. The molecular formula is C22H29N3O4. The second-order valence-corrected chi connectivity index (χ2v) is 8.59. The number of imide groups is 1. The second-order valence-electron chi connectivity index (χ2n) is 8.59. The second kappa shape index (κ2) is 8.14. The molecule has 7 heteroatoms. The van der Waals surface area contributed by atoms with E-state index in [1.54, 1.807) is 11.0 Å². The van der Waals surface area contributed by atoms with Crippen molar-refractivity contribution in [1.29, 1.82) is 0 Å². The third-order valence-corrected chi connectivity index (χ3v) is 6.03. The van der Waals surface area contributed by atoms with Crippen LogP contribution in [-0.2, 0) is 16.1 Å². The predicted molar refractivity (Wildman–Crippen MR) is 107 cm³/mol. The molecule has 3 atom stereocenters. The molecule has 0 radical (unpaired) electrons. The Kier molecular flexibility index (Phi) is 5.58. The Balaban J connectivity index is 1.47. The van der Waals surface area contributed by atoms with E-state index in [2.05, 4.69) is 24.5 Å². The van der Waals surface area contributed by atoms with Gasteiger partial charge in [0.15, 0.2) is 0 Å². The van der Waals surface area contributed by atoms with Gasteiger partial charge in [-0.1, -0.05) is 20.3 Å². The van der Waals surface area contributed by atoms with Gasteiger partial charge in [-0.15, -0.1) is 0 Å². The maximum atomic E-state index is 12.8. The minimum atomic E-state index is -0.588. The number of ether oxygens (including phenoxy) is 1. The molecule has 3 aliphatic rings. The molecule has 2 heterocycles. The molecule has 1 unspecified atom stereocenters. The number of hydrogen-bond donors (Lipinski definition) is 2. The van der Waals surface area contributed by atoms with E-state index in [0.29, 0.717) is 30.6 Å². The van der Waals surface area contributed by atoms with Crippen molar-refractivity contribution in [1.82, 2.24) is 15.5 Å². The first kappa shape index (κ1) is 19.9. The van der Waals surface area contributed by atoms with Gasteiger partial charge in [-0.05, 0) is 49.4 Å². The van der Waals surface area contributed by atoms with Crippen LogP contribution in [0.2, 0.25) is 0 Å². The maximum absolute atomic E-state index is 12.8. The number of piperidine rings is 1. The molecule has 29 heavy (non-hydrogen) atoms. The predicted octanol–water partition coefficient (Wildman–Crippen LogP) is 2.14. The number of nitrogens with zero attached hydrogens (tertiary/aromatic N) is 1. The van der Waals surface area contributed by atoms with Crippen molar-refractivity contribution in [3.8, 4) is 5.75 Å². The smallest absolute Gasteiger partial charge is 0.255 e. The molecule has 1 aliphatic carbocycles. The SMILES string of the molecule is CC(C)N[C@H]1CCCC[C@@H]1Oc1ccc2c(c1)CN(C1CCC(=O)NC1=O)C2=O. The molecule has 3 amide bonds. The Morgan fingerprint density at radius 2 is 1.93 bits per heavy atom. The summed E-state index contributed by atoms with van der Waals surface area (Å²) in [7, 11) is 0. The van der Waals surface area contributed by atoms with E-state index in [4.69, 9.17) is 4.74 Å². The van der Waals surface area contributed by atoms with E-state index in [-0.39, 0.29) is 30.2 Å². The Bertz CT molecular complexity index is 822. The number of benzene rings is 1. The number of amides is 3. The number of hydrogen-bond acceptors (Lipinski definition) is 5. The van der Waals surface area contributed by atoms with Gasteiger partial charge in [0.1, 0.15) is 17.9 Å². The summed E-state index contributed by atoms with van der Waals surface area (Å²) in [6.07, 6.45) is 5.25. The average molecular weight is 399 g/mol. The zero-order valence-electron chi connectivity index (χ0n) is 17.1. The van der Waals surface area contributed by atoms with Gasteiger partial charge in [0.2, 0.25) is 11.8 Å². The highest BCUT2D eigenvalue weighted by Gasteiger charge is 2.39. The Labute approximate surface area is 171 Å². The van der Waals surface area contributed by atoms with Crippen LogP contribution in [0.5, 0.6) is 5.75 Å². The Morgan fingerprint density at radius 3 is 2.69 bits per heavy atom. The van der Waals surface area contributed by atoms with E-state index >= 15 is 0 Å². The molecule has 0 bridgehead atoms. The average Bonchev–Trinajstić information content (AvgIpc) is 2.99. The first-order valence-corrected chi connectivity index (χ1v) is 10.6. The zero-order valence-corrected chi connectivity index (χ0v) is 17.1. The van der Waals surface area contributed by atoms with Gasteiger partial charge in [-0.25, -0.2) is 0 Å². The molecule has 0 spiro atoms. The van der Waals surface area contributed by atoms with Gasteiger partial charge in [0.05, 0.1) is 0 Å². The Morgan fingerprint density at radius 1 is 1.14 bits per heavy atom. The minimum absolute atomic E-state index is 0.118. The van der Waals surface area contributed by atoms with Crippen LogP contribution in [0.3, 0.4) is 0 Å². The first-order chi connectivity index (χ1) is 13.9. The molecule has 7 nitrogen and oxygen atoms in total. The van der Waals surface area contributed by atoms with E-state index in [9.17, 15) is 14.4 Å². The Hall–Kier alpha value is -2.41. The van der Waals surface area contributed by atoms with Crippen LogP contribution in [0.1, 0.15) is 68.3 Å². The molecule has 1 saturated heterocycles. The fourth-order valence-electron chi connectivity index (χ4n) is 4.66. The van der Waals surface area contributed by atoms with Crippen molar-refractivity contribution in [2.45, 2.75) is 83.1 Å². The summed E-state index contributed by atoms with van der Waals surface area (Å²) in [5.74, 6) is -0.0472. The van der Waals surface area contributed by atoms with Gasteiger partial charge in [-0.2, -0.15) is 0 Å². The van der Waals surface area contributed by atoms with Crippen LogP contribution in [-0.4, -0.2) is 46.9 Å². The third-order valence-electron chi connectivity index (χ3n) is 6.03. The van der Waals surface area contributed by atoms with Crippen molar-refractivity contribution in [2.75, 3.05) is 0 Å². The van der Waals surface area contributed by atoms with Crippen LogP contribution in [0.25, 0.3) is 0 Å². The van der Waals surface area contributed by atoms with Crippen LogP contribution < -0.4 is 15.4 Å². The maximum Gasteiger partial charge on any atom is 0.255 e. The molecule has 2 aliphatic heterocycles. The van der Waals surface area contributed by atoms with Crippen molar-refractivity contribution in [2.24, 2.45) is 0 Å². The van der Waals surface area contributed by atoms with Gasteiger partial charge in [-0.3, -0.25) is 19.7 Å². The van der Waals surface area contributed by atoms with Gasteiger partial charge in [0, 0.05) is 30.6 Å². The molecular weight excluding hydrogens is 370 g/mol. The lowest BCUT2D eigenvalue weighted by Gasteiger charge is -2.34. The standard InChI is InChI=1S/C22H29N3O4/c1-13(2)23-17-5-3-4-6-19(17)29-15-7-8-16-14(11-15)12-25(22(16)28)18-9-10-20(26)24-21(18)27/h7-8,11,13,17-19,23H,3-6,9-10,12H2,1-2H3,(H,24,26,27)/t17-,18?,19-/m0/s1. The van der Waals surface area contributed by atoms with Crippen molar-refractivity contribution < 1.29 is 19.1 Å². The fraction of sp³-hybridized carbons (Fsp3) is 0.591. The lowest BCUT2D eigenvalue weighted by molar-refractivity contribution is -0.136. The topological polar surface area (TPSA) is 87.7 Å². The summed E-state index contributed by atoms with van der Waals surface area (Å²) in [6.45, 7) is 4.67. The molecule has 4 rings (SSSR count). The first-order valence-electron chi connectivity index (χ1n) is 10.6. The summed E-state index contributed by atoms with van der Waals surface area (Å²) in [4.78, 5) is 38.0. The largest absolute Gasteiger partial charge is 0.489 e. The zero-order chi connectivity index (χ0) is 20.5. The highest BCUT2D eigenvalue weighted by molar-refractivity contribution is 6.05. The van der Waals surface area contributed by atoms with E-state index in [1.165, 1.54) is 6.42 Å². The normalized spacial score (nSPS) is 27.2. The van der Waals surface area contributed by atoms with Crippen LogP contribution in [0.4, 0.5) is 0 Å². The molecule has 2 fully saturated rings. The lowest BCUT2D eigenvalue weighted by atomic mass is 9.92. The summed E-state index contributed by atoms with van der Waals surface area (Å²) >= 11 is 0. The number of rotatable bonds is 5. The van der Waals surface area contributed by atoms with Crippen LogP contribution >= 0.6 is 0 Å². The monoisotopic (exact) mass is 399 g/mol. The molecule has 2 N–H and O–H groups in total. The molecule has 1 aromatic carbocycles. The number of carbonyl (C=O) groups excluding carboxylic acids is 3. The lowest BCUT2D eigenvalue weighted by Crippen LogP contribution is -2.52. The summed E-state index contributed by atoms with van der Waals surface area (Å²) in [5, 5.41) is 5.95. The van der Waals surface area contributed by atoms with E-state index < -0.39 is 6.04 Å². The van der Waals surface area contributed by atoms with Crippen molar-refractivity contribution in [3.05, 3.63) is 29.3 Å². The molecule has 1 aromatic rings. The van der Waals surface area contributed by atoms with Crippen molar-refractivity contribution >= 4 is 17.7 Å². The van der Waals surface area contributed by atoms with Crippen LogP contribution in [0, 0.1) is 0 Å².